The zero-order valence-corrected chi connectivity index (χ0v) is 7.13. The third kappa shape index (κ3) is 0.813. The Balaban J connectivity index is 2.24. The van der Waals surface area contributed by atoms with Gasteiger partial charge in [-0.25, -0.2) is 0 Å². The normalized spacial score (nSPS) is 55.3. The summed E-state index contributed by atoms with van der Waals surface area (Å²) in [5.74, 6) is 0.572. The van der Waals surface area contributed by atoms with E-state index in [-0.39, 0.29) is 11.6 Å². The highest BCUT2D eigenvalue weighted by molar-refractivity contribution is 6.11. The molecule has 2 saturated heterocycles. The zero-order valence-electron chi connectivity index (χ0n) is 7.13. The van der Waals surface area contributed by atoms with E-state index in [2.05, 4.69) is 19.2 Å². The van der Waals surface area contributed by atoms with E-state index in [4.69, 9.17) is 12.6 Å². The van der Waals surface area contributed by atoms with Crippen LogP contribution >= 0.6 is 0 Å². The summed E-state index contributed by atoms with van der Waals surface area (Å²) >= 11 is 0. The maximum atomic E-state index is 5.79. The lowest BCUT2D eigenvalue weighted by atomic mass is 9.84. The van der Waals surface area contributed by atoms with E-state index in [1.807, 2.05) is 0 Å². The Labute approximate surface area is 69.1 Å². The van der Waals surface area contributed by atoms with Gasteiger partial charge in [-0.3, -0.25) is 0 Å². The molecule has 0 aromatic heterocycles. The van der Waals surface area contributed by atoms with Crippen LogP contribution in [0.25, 0.3) is 0 Å². The van der Waals surface area contributed by atoms with Gasteiger partial charge >= 0.3 is 0 Å². The van der Waals surface area contributed by atoms with Gasteiger partial charge < -0.3 is 10.1 Å². The minimum atomic E-state index is -0.0845. The van der Waals surface area contributed by atoms with E-state index in [0.29, 0.717) is 12.0 Å². The van der Waals surface area contributed by atoms with Crippen molar-refractivity contribution in [2.75, 3.05) is 6.54 Å². The van der Waals surface area contributed by atoms with Gasteiger partial charge in [-0.05, 0) is 6.42 Å². The van der Waals surface area contributed by atoms with Crippen LogP contribution < -0.4 is 5.32 Å². The van der Waals surface area contributed by atoms with Gasteiger partial charge in [0.2, 0.25) is 0 Å². The van der Waals surface area contributed by atoms with Crippen LogP contribution in [0.5, 0.6) is 0 Å². The highest BCUT2D eigenvalue weighted by Crippen LogP contribution is 2.41. The predicted molar refractivity (Wildman–Crippen MR) is 44.6 cm³/mol. The Morgan fingerprint density at radius 2 is 2.45 bits per heavy atom. The molecule has 2 unspecified atom stereocenters. The number of rotatable bonds is 1. The zero-order chi connectivity index (χ0) is 8.06. The SMILES string of the molecule is [B][C@@H]1O[C@@]2(CC)CNC1C2C. The van der Waals surface area contributed by atoms with Gasteiger partial charge in [0.1, 0.15) is 7.85 Å². The van der Waals surface area contributed by atoms with Gasteiger partial charge in [0, 0.05) is 24.5 Å². The highest BCUT2D eigenvalue weighted by Gasteiger charge is 2.54. The van der Waals surface area contributed by atoms with Crippen molar-refractivity contribution in [3.63, 3.8) is 0 Å². The van der Waals surface area contributed by atoms with Crippen molar-refractivity contribution >= 4 is 7.85 Å². The Kier molecular flexibility index (Phi) is 1.55. The van der Waals surface area contributed by atoms with Gasteiger partial charge in [-0.2, -0.15) is 0 Å². The van der Waals surface area contributed by atoms with Crippen LogP contribution in [-0.2, 0) is 4.74 Å². The second kappa shape index (κ2) is 2.24. The van der Waals surface area contributed by atoms with Crippen LogP contribution in [0, 0.1) is 5.92 Å². The molecule has 2 radical (unpaired) electrons. The first kappa shape index (κ1) is 7.62. The van der Waals surface area contributed by atoms with Crippen LogP contribution in [0.4, 0.5) is 0 Å². The Bertz CT molecular complexity index is 175. The molecule has 0 saturated carbocycles. The molecule has 60 valence electrons. The van der Waals surface area contributed by atoms with Gasteiger partial charge in [-0.15, -0.1) is 0 Å². The topological polar surface area (TPSA) is 21.3 Å². The maximum Gasteiger partial charge on any atom is 0.111 e. The number of hydrogen-bond acceptors (Lipinski definition) is 2. The van der Waals surface area contributed by atoms with Gasteiger partial charge in [0.05, 0.1) is 5.60 Å². The van der Waals surface area contributed by atoms with Gasteiger partial charge in [0.15, 0.2) is 0 Å². The van der Waals surface area contributed by atoms with Gasteiger partial charge in [0.25, 0.3) is 0 Å². The molecular weight excluding hydrogens is 137 g/mol. The van der Waals surface area contributed by atoms with Crippen molar-refractivity contribution in [3.8, 4) is 0 Å². The molecule has 2 fully saturated rings. The molecule has 2 heterocycles. The molecule has 0 aromatic carbocycles. The van der Waals surface area contributed by atoms with Crippen molar-refractivity contribution in [1.82, 2.24) is 5.32 Å². The molecule has 0 spiro atoms. The summed E-state index contributed by atoms with van der Waals surface area (Å²) in [6, 6.07) is 0.300. The molecule has 2 aliphatic heterocycles. The first-order valence-electron chi connectivity index (χ1n) is 4.36. The minimum Gasteiger partial charge on any atom is -0.378 e. The maximum absolute atomic E-state index is 5.79. The minimum absolute atomic E-state index is 0.0457. The average molecular weight is 151 g/mol. The highest BCUT2D eigenvalue weighted by atomic mass is 16.5. The van der Waals surface area contributed by atoms with Crippen molar-refractivity contribution in [2.45, 2.75) is 37.9 Å². The lowest BCUT2D eigenvalue weighted by molar-refractivity contribution is -0.0388. The lowest BCUT2D eigenvalue weighted by Crippen LogP contribution is -2.44. The van der Waals surface area contributed by atoms with Crippen LogP contribution in [0.15, 0.2) is 0 Å². The van der Waals surface area contributed by atoms with E-state index in [1.165, 1.54) is 0 Å². The molecule has 0 amide bonds. The summed E-state index contributed by atoms with van der Waals surface area (Å²) in [5.41, 5.74) is 0.0457. The quantitative estimate of drug-likeness (QED) is 0.543. The monoisotopic (exact) mass is 151 g/mol. The number of morpholine rings is 1. The van der Waals surface area contributed by atoms with Crippen molar-refractivity contribution in [3.05, 3.63) is 0 Å². The van der Waals surface area contributed by atoms with Gasteiger partial charge in [-0.1, -0.05) is 13.8 Å². The fourth-order valence-electron chi connectivity index (χ4n) is 2.38. The smallest absolute Gasteiger partial charge is 0.111 e. The Morgan fingerprint density at radius 1 is 1.73 bits per heavy atom. The van der Waals surface area contributed by atoms with E-state index in [9.17, 15) is 0 Å². The molecule has 4 atom stereocenters. The van der Waals surface area contributed by atoms with Crippen molar-refractivity contribution in [2.24, 2.45) is 5.92 Å². The molecule has 0 aliphatic carbocycles. The summed E-state index contributed by atoms with van der Waals surface area (Å²) in [6.45, 7) is 5.36. The third-order valence-electron chi connectivity index (χ3n) is 3.33. The first-order chi connectivity index (χ1) is 5.19. The van der Waals surface area contributed by atoms with Crippen LogP contribution in [-0.4, -0.2) is 32.0 Å². The van der Waals surface area contributed by atoms with E-state index in [0.717, 1.165) is 13.0 Å². The van der Waals surface area contributed by atoms with Crippen LogP contribution in [0.2, 0.25) is 0 Å². The van der Waals surface area contributed by atoms with Crippen molar-refractivity contribution < 1.29 is 4.74 Å². The lowest BCUT2D eigenvalue weighted by Gasteiger charge is -2.30. The van der Waals surface area contributed by atoms with Crippen LogP contribution in [0.1, 0.15) is 20.3 Å². The second-order valence-electron chi connectivity index (χ2n) is 3.70. The molecule has 2 nitrogen and oxygen atoms in total. The van der Waals surface area contributed by atoms with E-state index >= 15 is 0 Å². The van der Waals surface area contributed by atoms with Crippen LogP contribution in [0.3, 0.4) is 0 Å². The number of fused-ring (bicyclic) bond motifs is 2. The number of hydrogen-bond donors (Lipinski definition) is 1. The summed E-state index contributed by atoms with van der Waals surface area (Å²) in [6.07, 6.45) is 1.06. The second-order valence-corrected chi connectivity index (χ2v) is 3.70. The molecule has 3 heteroatoms. The fourth-order valence-corrected chi connectivity index (χ4v) is 2.38. The summed E-state index contributed by atoms with van der Waals surface area (Å²) in [7, 11) is 5.79. The molecule has 11 heavy (non-hydrogen) atoms. The summed E-state index contributed by atoms with van der Waals surface area (Å²) in [4.78, 5) is 0. The predicted octanol–water partition coefficient (Wildman–Crippen LogP) is 0.268. The Hall–Kier alpha value is -0.0151. The molecule has 1 N–H and O–H groups in total. The van der Waals surface area contributed by atoms with E-state index < -0.39 is 0 Å². The molecule has 2 bridgehead atoms. The molecule has 2 rings (SSSR count). The molecular formula is C8H14BNO. The Morgan fingerprint density at radius 3 is 2.73 bits per heavy atom. The average Bonchev–Trinajstić information content (AvgIpc) is 2.42. The van der Waals surface area contributed by atoms with Crippen molar-refractivity contribution in [1.29, 1.82) is 0 Å². The molecule has 2 aliphatic rings. The fraction of sp³-hybridized carbons (Fsp3) is 1.00. The first-order valence-corrected chi connectivity index (χ1v) is 4.36. The van der Waals surface area contributed by atoms with E-state index in [1.54, 1.807) is 0 Å². The third-order valence-corrected chi connectivity index (χ3v) is 3.33. The largest absolute Gasteiger partial charge is 0.378 e. The number of nitrogens with one attached hydrogen (secondary N) is 1. The standard InChI is InChI=1S/C8H14BNO/c1-3-8-4-10-6(5(8)2)7(9)11-8/h5-7,10H,3-4H2,1-2H3/t5?,6?,7-,8+/m1/s1. The number of ether oxygens (including phenoxy) is 1. The molecule has 0 aromatic rings. The summed E-state index contributed by atoms with van der Waals surface area (Å²) < 4.78 is 5.72. The summed E-state index contributed by atoms with van der Waals surface area (Å²) in [5, 5.41) is 3.40.